The summed E-state index contributed by atoms with van der Waals surface area (Å²) in [6.07, 6.45) is 1.54. The van der Waals surface area contributed by atoms with E-state index >= 15 is 0 Å². The van der Waals surface area contributed by atoms with Crippen molar-refractivity contribution in [1.29, 1.82) is 0 Å². The summed E-state index contributed by atoms with van der Waals surface area (Å²) in [5.41, 5.74) is 0.901. The van der Waals surface area contributed by atoms with E-state index in [1.54, 1.807) is 6.07 Å². The number of carboxylic acid groups (broad SMARTS) is 1. The number of benzene rings is 1. The molecule has 140 valence electrons. The molecule has 1 aromatic carbocycles. The van der Waals surface area contributed by atoms with E-state index in [-0.39, 0.29) is 24.3 Å². The van der Waals surface area contributed by atoms with Gasteiger partial charge in [-0.25, -0.2) is 4.39 Å². The minimum Gasteiger partial charge on any atom is -0.480 e. The summed E-state index contributed by atoms with van der Waals surface area (Å²) in [4.78, 5) is 28.4. The van der Waals surface area contributed by atoms with Crippen molar-refractivity contribution < 1.29 is 19.1 Å². The van der Waals surface area contributed by atoms with E-state index < -0.39 is 5.97 Å². The molecular weight excluding hydrogens is 355 g/mol. The summed E-state index contributed by atoms with van der Waals surface area (Å²) in [7, 11) is 0. The number of thiophene rings is 1. The topological polar surface area (TPSA) is 60.9 Å². The number of likely N-dealkylation sites (N-methyl/N-ethyl adjacent to an activating group) is 1. The molecule has 0 aliphatic carbocycles. The molecule has 2 heterocycles. The van der Waals surface area contributed by atoms with E-state index in [1.165, 1.54) is 23.5 Å². The molecule has 1 saturated heterocycles. The van der Waals surface area contributed by atoms with Gasteiger partial charge in [-0.3, -0.25) is 14.5 Å². The second kappa shape index (κ2) is 7.72. The Kier molecular flexibility index (Phi) is 5.58. The Morgan fingerprint density at radius 3 is 2.65 bits per heavy atom. The van der Waals surface area contributed by atoms with E-state index in [0.29, 0.717) is 24.5 Å². The Bertz CT molecular complexity index is 828. The third kappa shape index (κ3) is 3.73. The van der Waals surface area contributed by atoms with Crippen molar-refractivity contribution in [3.8, 4) is 0 Å². The maximum atomic E-state index is 13.4. The summed E-state index contributed by atoms with van der Waals surface area (Å²) in [6, 6.07) is 4.81. The molecule has 0 spiro atoms. The van der Waals surface area contributed by atoms with E-state index in [4.69, 9.17) is 5.11 Å². The number of carbonyl (C=O) groups is 2. The first-order chi connectivity index (χ1) is 12.4. The molecule has 1 amide bonds. The van der Waals surface area contributed by atoms with Crippen LogP contribution in [-0.2, 0) is 4.79 Å². The Morgan fingerprint density at radius 2 is 2.04 bits per heavy atom. The van der Waals surface area contributed by atoms with Crippen molar-refractivity contribution in [2.24, 2.45) is 0 Å². The molecule has 1 aliphatic rings. The fourth-order valence-electron chi connectivity index (χ4n) is 3.65. The number of halogens is 1. The number of aliphatic carboxylic acids is 1. The van der Waals surface area contributed by atoms with Gasteiger partial charge in [0.05, 0.1) is 11.4 Å². The summed E-state index contributed by atoms with van der Waals surface area (Å²) >= 11 is 1.34. The van der Waals surface area contributed by atoms with Gasteiger partial charge in [0.15, 0.2) is 0 Å². The van der Waals surface area contributed by atoms with Gasteiger partial charge >= 0.3 is 5.97 Å². The lowest BCUT2D eigenvalue weighted by atomic mass is 10.0. The normalized spacial score (nSPS) is 15.8. The number of hydrogen-bond acceptors (Lipinski definition) is 4. The van der Waals surface area contributed by atoms with Gasteiger partial charge in [0.1, 0.15) is 5.82 Å². The summed E-state index contributed by atoms with van der Waals surface area (Å²) in [5, 5.41) is 9.95. The Balaban J connectivity index is 1.71. The third-order valence-corrected chi connectivity index (χ3v) is 6.35. The molecule has 0 atom stereocenters. The SMILES string of the molecule is CCN(CC(=O)O)C1CCN(C(=O)c2sc3cc(F)ccc3c2C)CC1. The van der Waals surface area contributed by atoms with Gasteiger partial charge in [-0.15, -0.1) is 11.3 Å². The highest BCUT2D eigenvalue weighted by Crippen LogP contribution is 2.33. The highest BCUT2D eigenvalue weighted by molar-refractivity contribution is 7.21. The van der Waals surface area contributed by atoms with Crippen molar-refractivity contribution in [3.05, 3.63) is 34.5 Å². The van der Waals surface area contributed by atoms with Gasteiger partial charge in [-0.05, 0) is 49.4 Å². The van der Waals surface area contributed by atoms with Crippen LogP contribution in [0.15, 0.2) is 18.2 Å². The average molecular weight is 378 g/mol. The van der Waals surface area contributed by atoms with Crippen molar-refractivity contribution >= 4 is 33.3 Å². The van der Waals surface area contributed by atoms with Gasteiger partial charge in [0.25, 0.3) is 5.91 Å². The molecule has 1 aliphatic heterocycles. The number of likely N-dealkylation sites (tertiary alicyclic amines) is 1. The summed E-state index contributed by atoms with van der Waals surface area (Å²) in [5.74, 6) is -1.13. The number of carbonyl (C=O) groups excluding carboxylic acids is 1. The first-order valence-corrected chi connectivity index (χ1v) is 9.66. The molecule has 3 rings (SSSR count). The zero-order chi connectivity index (χ0) is 18.8. The summed E-state index contributed by atoms with van der Waals surface area (Å²) in [6.45, 7) is 5.81. The van der Waals surface area contributed by atoms with E-state index in [1.807, 2.05) is 23.6 Å². The lowest BCUT2D eigenvalue weighted by molar-refractivity contribution is -0.139. The van der Waals surface area contributed by atoms with Crippen LogP contribution in [0.5, 0.6) is 0 Å². The van der Waals surface area contributed by atoms with Gasteiger partial charge in [0, 0.05) is 23.8 Å². The van der Waals surface area contributed by atoms with Crippen LogP contribution in [0, 0.1) is 12.7 Å². The zero-order valence-electron chi connectivity index (χ0n) is 15.0. The van der Waals surface area contributed by atoms with Crippen molar-refractivity contribution in [2.45, 2.75) is 32.7 Å². The zero-order valence-corrected chi connectivity index (χ0v) is 15.8. The second-order valence-electron chi connectivity index (χ2n) is 6.68. The molecule has 0 radical (unpaired) electrons. The van der Waals surface area contributed by atoms with E-state index in [2.05, 4.69) is 0 Å². The van der Waals surface area contributed by atoms with Gasteiger partial charge in [-0.2, -0.15) is 0 Å². The van der Waals surface area contributed by atoms with Crippen molar-refractivity contribution in [1.82, 2.24) is 9.80 Å². The van der Waals surface area contributed by atoms with Gasteiger partial charge in [-0.1, -0.05) is 13.0 Å². The van der Waals surface area contributed by atoms with Gasteiger partial charge in [0.2, 0.25) is 0 Å². The standard InChI is InChI=1S/C19H23FN2O3S/c1-3-21(11-17(23)24)14-6-8-22(9-7-14)19(25)18-12(2)15-5-4-13(20)10-16(15)26-18/h4-5,10,14H,3,6-9,11H2,1-2H3,(H,23,24). The molecule has 1 fully saturated rings. The number of amides is 1. The first kappa shape index (κ1) is 18.8. The number of fused-ring (bicyclic) bond motifs is 1. The van der Waals surface area contributed by atoms with Crippen LogP contribution in [0.2, 0.25) is 0 Å². The smallest absolute Gasteiger partial charge is 0.317 e. The molecule has 1 aromatic heterocycles. The van der Waals surface area contributed by atoms with E-state index in [9.17, 15) is 14.0 Å². The third-order valence-electron chi connectivity index (χ3n) is 5.11. The molecule has 0 saturated carbocycles. The van der Waals surface area contributed by atoms with Crippen LogP contribution in [0.4, 0.5) is 4.39 Å². The molecule has 0 unspecified atom stereocenters. The minimum absolute atomic E-state index is 0.0103. The van der Waals surface area contributed by atoms with Crippen molar-refractivity contribution in [3.63, 3.8) is 0 Å². The van der Waals surface area contributed by atoms with Crippen LogP contribution in [0.3, 0.4) is 0 Å². The van der Waals surface area contributed by atoms with E-state index in [0.717, 1.165) is 28.5 Å². The number of piperidine rings is 1. The molecular formula is C19H23FN2O3S. The van der Waals surface area contributed by atoms with Crippen molar-refractivity contribution in [2.75, 3.05) is 26.2 Å². The Morgan fingerprint density at radius 1 is 1.35 bits per heavy atom. The first-order valence-electron chi connectivity index (χ1n) is 8.84. The number of hydrogen-bond donors (Lipinski definition) is 1. The van der Waals surface area contributed by atoms with Crippen LogP contribution < -0.4 is 0 Å². The Hall–Kier alpha value is -1.99. The fraction of sp³-hybridized carbons (Fsp3) is 0.474. The van der Waals surface area contributed by atoms with Crippen LogP contribution in [-0.4, -0.2) is 59.0 Å². The monoisotopic (exact) mass is 378 g/mol. The predicted molar refractivity (Wildman–Crippen MR) is 100 cm³/mol. The molecule has 26 heavy (non-hydrogen) atoms. The van der Waals surface area contributed by atoms with Crippen LogP contribution in [0.25, 0.3) is 10.1 Å². The quantitative estimate of drug-likeness (QED) is 0.867. The fourth-order valence-corrected chi connectivity index (χ4v) is 4.86. The maximum absolute atomic E-state index is 13.4. The molecule has 1 N–H and O–H groups in total. The predicted octanol–water partition coefficient (Wildman–Crippen LogP) is 3.36. The highest BCUT2D eigenvalue weighted by atomic mass is 32.1. The largest absolute Gasteiger partial charge is 0.480 e. The van der Waals surface area contributed by atoms with Gasteiger partial charge < -0.3 is 10.0 Å². The number of rotatable bonds is 5. The second-order valence-corrected chi connectivity index (χ2v) is 7.73. The Labute approximate surface area is 156 Å². The lowest BCUT2D eigenvalue weighted by Crippen LogP contribution is -2.48. The number of aryl methyl sites for hydroxylation is 1. The number of carboxylic acids is 1. The highest BCUT2D eigenvalue weighted by Gasteiger charge is 2.29. The molecule has 2 aromatic rings. The lowest BCUT2D eigenvalue weighted by Gasteiger charge is -2.37. The maximum Gasteiger partial charge on any atom is 0.317 e. The van der Waals surface area contributed by atoms with Crippen LogP contribution in [0.1, 0.15) is 35.0 Å². The minimum atomic E-state index is -0.821. The molecule has 7 heteroatoms. The average Bonchev–Trinajstić information content (AvgIpc) is 2.95. The summed E-state index contributed by atoms with van der Waals surface area (Å²) < 4.78 is 14.2. The number of nitrogens with zero attached hydrogens (tertiary/aromatic N) is 2. The molecule has 5 nitrogen and oxygen atoms in total. The van der Waals surface area contributed by atoms with Crippen LogP contribution >= 0.6 is 11.3 Å². The molecule has 0 bridgehead atoms.